The van der Waals surface area contributed by atoms with Crippen molar-refractivity contribution >= 4 is 23.0 Å². The molecule has 0 spiro atoms. The highest BCUT2D eigenvalue weighted by Gasteiger charge is 2.46. The van der Waals surface area contributed by atoms with Crippen molar-refractivity contribution in [3.63, 3.8) is 0 Å². The van der Waals surface area contributed by atoms with Crippen LogP contribution in [0, 0.1) is 10.1 Å². The summed E-state index contributed by atoms with van der Waals surface area (Å²) in [4.78, 5) is 22.6. The summed E-state index contributed by atoms with van der Waals surface area (Å²) in [5, 5.41) is 18.3. The molecule has 0 saturated heterocycles. The van der Waals surface area contributed by atoms with E-state index in [-0.39, 0.29) is 16.9 Å². The Balaban J connectivity index is 2.29. The number of halogens is 4. The number of hydrogen-bond acceptors (Lipinski definition) is 5. The molecule has 1 aromatic rings. The van der Waals surface area contributed by atoms with Crippen LogP contribution in [0.4, 0.5) is 34.6 Å². The minimum Gasteiger partial charge on any atom is -0.383 e. The van der Waals surface area contributed by atoms with Gasteiger partial charge in [-0.3, -0.25) is 14.9 Å². The lowest BCUT2D eigenvalue weighted by Crippen LogP contribution is -2.50. The van der Waals surface area contributed by atoms with Crippen molar-refractivity contribution in [3.8, 4) is 0 Å². The van der Waals surface area contributed by atoms with Crippen molar-refractivity contribution in [2.24, 2.45) is 0 Å². The maximum absolute atomic E-state index is 12.9. The van der Waals surface area contributed by atoms with Gasteiger partial charge in [-0.15, -0.1) is 0 Å². The number of nitro benzene ring substituents is 1. The van der Waals surface area contributed by atoms with Gasteiger partial charge in [-0.05, 0) is 6.07 Å². The monoisotopic (exact) mass is 364 g/mol. The molecule has 7 nitrogen and oxygen atoms in total. The molecule has 1 aliphatic rings. The van der Waals surface area contributed by atoms with E-state index >= 15 is 0 Å². The number of anilines is 2. The van der Waals surface area contributed by atoms with Gasteiger partial charge in [-0.1, -0.05) is 0 Å². The van der Waals surface area contributed by atoms with E-state index in [0.717, 1.165) is 12.1 Å². The number of hydrogen-bond donors (Lipinski definition) is 3. The van der Waals surface area contributed by atoms with Crippen molar-refractivity contribution in [1.82, 2.24) is 5.32 Å². The Morgan fingerprint density at radius 1 is 1.36 bits per heavy atom. The largest absolute Gasteiger partial charge is 0.383 e. The van der Waals surface area contributed by atoms with Crippen molar-refractivity contribution in [2.45, 2.75) is 31.2 Å². The van der Waals surface area contributed by atoms with Gasteiger partial charge in [0.2, 0.25) is 0 Å². The van der Waals surface area contributed by atoms with E-state index in [0.29, 0.717) is 0 Å². The molecule has 25 heavy (non-hydrogen) atoms. The Hall–Kier alpha value is -2.59. The van der Waals surface area contributed by atoms with Crippen LogP contribution in [0.1, 0.15) is 23.2 Å². The van der Waals surface area contributed by atoms with Crippen LogP contribution in [-0.4, -0.2) is 42.8 Å². The second kappa shape index (κ2) is 7.11. The van der Waals surface area contributed by atoms with Crippen molar-refractivity contribution in [2.75, 3.05) is 24.2 Å². The zero-order chi connectivity index (χ0) is 18.8. The first-order valence-corrected chi connectivity index (χ1v) is 7.34. The van der Waals surface area contributed by atoms with Crippen molar-refractivity contribution < 1.29 is 27.3 Å². The average molecular weight is 364 g/mol. The number of nitrogens with one attached hydrogen (secondary N) is 3. The minimum absolute atomic E-state index is 0.0218. The van der Waals surface area contributed by atoms with Gasteiger partial charge in [0.1, 0.15) is 5.69 Å². The Bertz CT molecular complexity index is 676. The Morgan fingerprint density at radius 3 is 2.48 bits per heavy atom. The summed E-state index contributed by atoms with van der Waals surface area (Å²) in [6, 6.07) is 1.31. The molecule has 2 rings (SSSR count). The molecule has 1 aromatic carbocycles. The number of nitro groups is 1. The first-order valence-electron chi connectivity index (χ1n) is 7.34. The van der Waals surface area contributed by atoms with Crippen LogP contribution >= 0.6 is 0 Å². The van der Waals surface area contributed by atoms with E-state index in [4.69, 9.17) is 0 Å². The number of rotatable bonds is 7. The van der Waals surface area contributed by atoms with Gasteiger partial charge < -0.3 is 16.0 Å². The lowest BCUT2D eigenvalue weighted by Gasteiger charge is -2.35. The van der Waals surface area contributed by atoms with E-state index in [1.807, 2.05) is 0 Å². The van der Waals surface area contributed by atoms with E-state index in [1.165, 1.54) is 7.05 Å². The SMILES string of the molecule is CNc1cc(NCC(F)F)c(C(=O)NC2CC(F)(F)C2)cc1[N+](=O)[O-]. The highest BCUT2D eigenvalue weighted by Crippen LogP contribution is 2.38. The van der Waals surface area contributed by atoms with Crippen LogP contribution < -0.4 is 16.0 Å². The van der Waals surface area contributed by atoms with Crippen LogP contribution in [0.15, 0.2) is 12.1 Å². The summed E-state index contributed by atoms with van der Waals surface area (Å²) >= 11 is 0. The van der Waals surface area contributed by atoms with Gasteiger partial charge in [-0.25, -0.2) is 17.6 Å². The molecule has 0 atom stereocenters. The molecule has 1 saturated carbocycles. The normalized spacial score (nSPS) is 16.2. The van der Waals surface area contributed by atoms with Gasteiger partial charge in [0.15, 0.2) is 0 Å². The second-order valence-corrected chi connectivity index (χ2v) is 5.63. The molecule has 0 radical (unpaired) electrons. The topological polar surface area (TPSA) is 96.3 Å². The third-order valence-corrected chi connectivity index (χ3v) is 3.72. The van der Waals surface area contributed by atoms with Crippen LogP contribution in [0.3, 0.4) is 0 Å². The molecule has 11 heteroatoms. The maximum atomic E-state index is 12.9. The van der Waals surface area contributed by atoms with Gasteiger partial charge in [0.25, 0.3) is 23.9 Å². The number of carbonyl (C=O) groups is 1. The molecule has 1 aliphatic carbocycles. The lowest BCUT2D eigenvalue weighted by molar-refractivity contribution is -0.383. The summed E-state index contributed by atoms with van der Waals surface area (Å²) < 4.78 is 50.6. The van der Waals surface area contributed by atoms with E-state index in [1.54, 1.807) is 0 Å². The van der Waals surface area contributed by atoms with Crippen LogP contribution in [0.5, 0.6) is 0 Å². The van der Waals surface area contributed by atoms with Crippen LogP contribution in [-0.2, 0) is 0 Å². The summed E-state index contributed by atoms with van der Waals surface area (Å²) in [6.07, 6.45) is -3.78. The molecule has 0 heterocycles. The summed E-state index contributed by atoms with van der Waals surface area (Å²) in [5.74, 6) is -3.69. The highest BCUT2D eigenvalue weighted by molar-refractivity contribution is 6.01. The first kappa shape index (κ1) is 18.7. The average Bonchev–Trinajstić information content (AvgIpc) is 2.49. The van der Waals surface area contributed by atoms with Gasteiger partial charge in [0.05, 0.1) is 17.0 Å². The molecule has 1 fully saturated rings. The number of amides is 1. The summed E-state index contributed by atoms with van der Waals surface area (Å²) in [7, 11) is 1.40. The lowest BCUT2D eigenvalue weighted by atomic mass is 9.88. The molecule has 1 amide bonds. The fourth-order valence-electron chi connectivity index (χ4n) is 2.49. The molecule has 0 aromatic heterocycles. The van der Waals surface area contributed by atoms with Gasteiger partial charge in [0, 0.05) is 37.7 Å². The fraction of sp³-hybridized carbons (Fsp3) is 0.500. The standard InChI is InChI=1S/C14H16F4N4O3/c1-19-10-3-9(20-6-12(15)16)8(2-11(10)22(24)25)13(23)21-7-4-14(17,18)5-7/h2-3,7,12,19-20H,4-6H2,1H3,(H,21,23). The third kappa shape index (κ3) is 4.48. The summed E-state index contributed by atoms with van der Waals surface area (Å²) in [6.45, 7) is -0.775. The minimum atomic E-state index is -2.85. The van der Waals surface area contributed by atoms with Gasteiger partial charge >= 0.3 is 0 Å². The fourth-order valence-corrected chi connectivity index (χ4v) is 2.49. The van der Waals surface area contributed by atoms with E-state index in [2.05, 4.69) is 16.0 Å². The van der Waals surface area contributed by atoms with E-state index < -0.39 is 54.3 Å². The number of carbonyl (C=O) groups excluding carboxylic acids is 1. The quantitative estimate of drug-likeness (QED) is 0.393. The zero-order valence-electron chi connectivity index (χ0n) is 13.1. The van der Waals surface area contributed by atoms with Crippen LogP contribution in [0.25, 0.3) is 0 Å². The molecular weight excluding hydrogens is 348 g/mol. The van der Waals surface area contributed by atoms with Crippen molar-refractivity contribution in [1.29, 1.82) is 0 Å². The number of alkyl halides is 4. The Morgan fingerprint density at radius 2 is 2.00 bits per heavy atom. The molecule has 0 aliphatic heterocycles. The maximum Gasteiger partial charge on any atom is 0.293 e. The predicted molar refractivity (Wildman–Crippen MR) is 82.6 cm³/mol. The smallest absolute Gasteiger partial charge is 0.293 e. The van der Waals surface area contributed by atoms with Crippen LogP contribution in [0.2, 0.25) is 0 Å². The zero-order valence-corrected chi connectivity index (χ0v) is 13.1. The van der Waals surface area contributed by atoms with Crippen molar-refractivity contribution in [3.05, 3.63) is 27.8 Å². The first-order chi connectivity index (χ1) is 11.6. The molecule has 3 N–H and O–H groups in total. The summed E-state index contributed by atoms with van der Waals surface area (Å²) in [5.41, 5.74) is -0.733. The Labute approximate surface area is 139 Å². The molecule has 0 unspecified atom stereocenters. The molecule has 138 valence electrons. The van der Waals surface area contributed by atoms with Gasteiger partial charge in [-0.2, -0.15) is 0 Å². The third-order valence-electron chi connectivity index (χ3n) is 3.72. The van der Waals surface area contributed by atoms with E-state index in [9.17, 15) is 32.5 Å². The molecular formula is C14H16F4N4O3. The molecule has 0 bridgehead atoms. The number of nitrogens with zero attached hydrogens (tertiary/aromatic N) is 1. The second-order valence-electron chi connectivity index (χ2n) is 5.63. The number of benzene rings is 1. The Kier molecular flexibility index (Phi) is 5.33. The predicted octanol–water partition coefficient (Wildman–Crippen LogP) is 2.84. The highest BCUT2D eigenvalue weighted by atomic mass is 19.3.